The first-order valence-corrected chi connectivity index (χ1v) is 10.1. The first kappa shape index (κ1) is 21.1. The van der Waals surface area contributed by atoms with Crippen LogP contribution in [0.3, 0.4) is 0 Å². The molecule has 0 saturated heterocycles. The van der Waals surface area contributed by atoms with Crippen molar-refractivity contribution in [1.29, 1.82) is 0 Å². The summed E-state index contributed by atoms with van der Waals surface area (Å²) in [6.07, 6.45) is 4.36. The highest BCUT2D eigenvalue weighted by Gasteiger charge is 2.20. The molecule has 0 radical (unpaired) electrons. The number of ether oxygens (including phenoxy) is 1. The molecule has 1 aromatic carbocycles. The molecule has 1 unspecified atom stereocenters. The van der Waals surface area contributed by atoms with Crippen molar-refractivity contribution in [1.82, 2.24) is 9.97 Å². The summed E-state index contributed by atoms with van der Waals surface area (Å²) in [5.41, 5.74) is 4.46. The molecule has 2 N–H and O–H groups in total. The topological polar surface area (TPSA) is 59.1 Å². The van der Waals surface area contributed by atoms with Crippen molar-refractivity contribution >= 4 is 23.1 Å². The molecule has 0 bridgehead atoms. The highest BCUT2D eigenvalue weighted by molar-refractivity contribution is 6.29. The summed E-state index contributed by atoms with van der Waals surface area (Å²) < 4.78 is 5.77. The Morgan fingerprint density at radius 1 is 1.07 bits per heavy atom. The van der Waals surface area contributed by atoms with Crippen LogP contribution in [0.1, 0.15) is 29.7 Å². The average Bonchev–Trinajstić information content (AvgIpc) is 2.73. The Morgan fingerprint density at radius 2 is 1.86 bits per heavy atom. The maximum atomic E-state index is 5.85. The molecule has 3 aromatic rings. The molecule has 3 rings (SSSR count). The van der Waals surface area contributed by atoms with Gasteiger partial charge in [0.25, 0.3) is 0 Å². The predicted octanol–water partition coefficient (Wildman–Crippen LogP) is 5.28. The summed E-state index contributed by atoms with van der Waals surface area (Å²) >= 11 is 5.85. The van der Waals surface area contributed by atoms with Gasteiger partial charge in [0, 0.05) is 26.0 Å². The van der Waals surface area contributed by atoms with Gasteiger partial charge in [-0.25, -0.2) is 9.97 Å². The van der Waals surface area contributed by atoms with E-state index in [0.717, 1.165) is 35.6 Å². The van der Waals surface area contributed by atoms with Crippen molar-refractivity contribution in [3.8, 4) is 0 Å². The SMILES string of the molecule is CO[C@@H](c1ccc(C)cc1)C(C)Nc1ncccc1NCCc1ccc(Cl)nc1. The molecule has 0 fully saturated rings. The van der Waals surface area contributed by atoms with Crippen LogP contribution in [0.2, 0.25) is 5.15 Å². The molecule has 0 spiro atoms. The minimum absolute atomic E-state index is 0.0404. The predicted molar refractivity (Wildman–Crippen MR) is 120 cm³/mol. The van der Waals surface area contributed by atoms with Crippen LogP contribution in [-0.2, 0) is 11.2 Å². The molecule has 2 aromatic heterocycles. The fourth-order valence-electron chi connectivity index (χ4n) is 3.24. The summed E-state index contributed by atoms with van der Waals surface area (Å²) in [7, 11) is 1.74. The van der Waals surface area contributed by atoms with Gasteiger partial charge in [-0.1, -0.05) is 47.5 Å². The molecular formula is C23H27ClN4O. The third-order valence-corrected chi connectivity index (χ3v) is 5.03. The lowest BCUT2D eigenvalue weighted by Crippen LogP contribution is -2.26. The van der Waals surface area contributed by atoms with Crippen molar-refractivity contribution < 1.29 is 4.74 Å². The Hall–Kier alpha value is -2.63. The van der Waals surface area contributed by atoms with E-state index in [-0.39, 0.29) is 12.1 Å². The molecule has 6 heteroatoms. The minimum atomic E-state index is -0.0782. The van der Waals surface area contributed by atoms with Crippen molar-refractivity contribution in [3.05, 3.63) is 82.8 Å². The summed E-state index contributed by atoms with van der Waals surface area (Å²) in [5, 5.41) is 7.47. The van der Waals surface area contributed by atoms with Crippen molar-refractivity contribution in [2.75, 3.05) is 24.3 Å². The molecule has 5 nitrogen and oxygen atoms in total. The highest BCUT2D eigenvalue weighted by Crippen LogP contribution is 2.26. The van der Waals surface area contributed by atoms with E-state index in [1.165, 1.54) is 5.56 Å². The zero-order valence-corrected chi connectivity index (χ0v) is 17.8. The molecule has 0 saturated carbocycles. The number of anilines is 2. The summed E-state index contributed by atoms with van der Waals surface area (Å²) in [6, 6.07) is 16.2. The molecule has 0 amide bonds. The van der Waals surface area contributed by atoms with Gasteiger partial charge in [0.05, 0.1) is 11.7 Å². The van der Waals surface area contributed by atoms with Crippen LogP contribution in [0.4, 0.5) is 11.5 Å². The van der Waals surface area contributed by atoms with Crippen LogP contribution in [0.15, 0.2) is 60.9 Å². The van der Waals surface area contributed by atoms with Gasteiger partial charge in [-0.15, -0.1) is 0 Å². The molecule has 2 heterocycles. The van der Waals surface area contributed by atoms with Gasteiger partial charge in [0.2, 0.25) is 0 Å². The molecule has 0 aliphatic carbocycles. The molecule has 2 atom stereocenters. The largest absolute Gasteiger partial charge is 0.382 e. The molecule has 152 valence electrons. The average molecular weight is 411 g/mol. The first-order valence-electron chi connectivity index (χ1n) is 9.72. The number of nitrogens with zero attached hydrogens (tertiary/aromatic N) is 2. The fourth-order valence-corrected chi connectivity index (χ4v) is 3.35. The van der Waals surface area contributed by atoms with Gasteiger partial charge in [-0.3, -0.25) is 0 Å². The standard InChI is InChI=1S/C23H27ClN4O/c1-16-6-9-19(10-7-16)22(29-3)17(2)28-23-20(5-4-13-26-23)25-14-12-18-8-11-21(24)27-15-18/h4-11,13,15,17,22,25H,12,14H2,1-3H3,(H,26,28)/t17?,22-/m1/s1. The van der Waals surface area contributed by atoms with Gasteiger partial charge in [0.1, 0.15) is 17.1 Å². The van der Waals surface area contributed by atoms with E-state index in [2.05, 4.69) is 58.7 Å². The van der Waals surface area contributed by atoms with Gasteiger partial charge in [0.15, 0.2) is 0 Å². The number of rotatable bonds is 9. The Morgan fingerprint density at radius 3 is 2.55 bits per heavy atom. The lowest BCUT2D eigenvalue weighted by molar-refractivity contribution is 0.0907. The zero-order chi connectivity index (χ0) is 20.6. The van der Waals surface area contributed by atoms with Gasteiger partial charge in [-0.2, -0.15) is 0 Å². The monoisotopic (exact) mass is 410 g/mol. The lowest BCUT2D eigenvalue weighted by atomic mass is 10.0. The number of halogens is 1. The van der Waals surface area contributed by atoms with Crippen LogP contribution < -0.4 is 10.6 Å². The highest BCUT2D eigenvalue weighted by atomic mass is 35.5. The number of benzene rings is 1. The third-order valence-electron chi connectivity index (χ3n) is 4.80. The Bertz CT molecular complexity index is 900. The van der Waals surface area contributed by atoms with Crippen LogP contribution in [0.25, 0.3) is 0 Å². The van der Waals surface area contributed by atoms with Crippen LogP contribution in [0.5, 0.6) is 0 Å². The second-order valence-corrected chi connectivity index (χ2v) is 7.45. The third kappa shape index (κ3) is 5.92. The van der Waals surface area contributed by atoms with E-state index < -0.39 is 0 Å². The second-order valence-electron chi connectivity index (χ2n) is 7.07. The first-order chi connectivity index (χ1) is 14.1. The Kier molecular flexibility index (Phi) is 7.44. The van der Waals surface area contributed by atoms with E-state index in [1.54, 1.807) is 19.5 Å². The van der Waals surface area contributed by atoms with E-state index in [9.17, 15) is 0 Å². The maximum Gasteiger partial charge on any atom is 0.149 e. The fraction of sp³-hybridized carbons (Fsp3) is 0.304. The maximum absolute atomic E-state index is 5.85. The normalized spacial score (nSPS) is 13.0. The minimum Gasteiger partial charge on any atom is -0.382 e. The number of aryl methyl sites for hydroxylation is 1. The lowest BCUT2D eigenvalue weighted by Gasteiger charge is -2.25. The Labute approximate surface area is 177 Å². The summed E-state index contributed by atoms with van der Waals surface area (Å²) in [5.74, 6) is 0.809. The van der Waals surface area contributed by atoms with Crippen LogP contribution in [-0.4, -0.2) is 29.7 Å². The smallest absolute Gasteiger partial charge is 0.149 e. The molecule has 0 aliphatic heterocycles. The number of hydrogen-bond donors (Lipinski definition) is 2. The molecule has 0 aliphatic rings. The van der Waals surface area contributed by atoms with Crippen molar-refractivity contribution in [2.24, 2.45) is 0 Å². The van der Waals surface area contributed by atoms with E-state index in [1.807, 2.05) is 24.3 Å². The summed E-state index contributed by atoms with van der Waals surface area (Å²) in [6.45, 7) is 4.95. The quantitative estimate of drug-likeness (QED) is 0.470. The number of nitrogens with one attached hydrogen (secondary N) is 2. The number of aromatic nitrogens is 2. The van der Waals surface area contributed by atoms with Gasteiger partial charge in [-0.05, 0) is 49.6 Å². The van der Waals surface area contributed by atoms with Gasteiger partial charge >= 0.3 is 0 Å². The zero-order valence-electron chi connectivity index (χ0n) is 17.0. The Balaban J connectivity index is 1.64. The van der Waals surface area contributed by atoms with E-state index >= 15 is 0 Å². The van der Waals surface area contributed by atoms with Crippen molar-refractivity contribution in [2.45, 2.75) is 32.4 Å². The molecule has 29 heavy (non-hydrogen) atoms. The summed E-state index contributed by atoms with van der Waals surface area (Å²) in [4.78, 5) is 8.65. The number of hydrogen-bond acceptors (Lipinski definition) is 5. The van der Waals surface area contributed by atoms with Crippen LogP contribution >= 0.6 is 11.6 Å². The second kappa shape index (κ2) is 10.2. The van der Waals surface area contributed by atoms with Crippen LogP contribution in [0, 0.1) is 6.92 Å². The van der Waals surface area contributed by atoms with E-state index in [0.29, 0.717) is 5.15 Å². The number of pyridine rings is 2. The molecular weight excluding hydrogens is 384 g/mol. The van der Waals surface area contributed by atoms with Gasteiger partial charge < -0.3 is 15.4 Å². The van der Waals surface area contributed by atoms with E-state index in [4.69, 9.17) is 16.3 Å². The number of methoxy groups -OCH3 is 1. The van der Waals surface area contributed by atoms with Crippen molar-refractivity contribution in [3.63, 3.8) is 0 Å².